The molecule has 7 nitrogen and oxygen atoms in total. The van der Waals surface area contributed by atoms with Crippen LogP contribution in [0.15, 0.2) is 40.9 Å². The third kappa shape index (κ3) is 6.46. The first-order valence-corrected chi connectivity index (χ1v) is 13.3. The SMILES string of the molecule is CC(C)(C)C[C@@H]1N[C@H](OC(=O)NCC[C@H](O)CO)[C@H](c2cccc(Br)c2F)[C@@]1(C#N)c1ccc(Cl)cc1F. The van der Waals surface area contributed by atoms with Gasteiger partial charge in [0.15, 0.2) is 6.23 Å². The number of hydrogen-bond donors (Lipinski definition) is 4. The Morgan fingerprint density at radius 1 is 1.34 bits per heavy atom. The zero-order valence-electron chi connectivity index (χ0n) is 21.3. The number of alkyl carbamates (subject to hydrolysis) is 1. The summed E-state index contributed by atoms with van der Waals surface area (Å²) in [6.45, 7) is 5.41. The average Bonchev–Trinajstić information content (AvgIpc) is 3.12. The van der Waals surface area contributed by atoms with Crippen LogP contribution in [0.4, 0.5) is 13.6 Å². The van der Waals surface area contributed by atoms with Gasteiger partial charge in [-0.15, -0.1) is 0 Å². The molecule has 0 aromatic heterocycles. The average molecular weight is 615 g/mol. The molecule has 1 saturated heterocycles. The summed E-state index contributed by atoms with van der Waals surface area (Å²) >= 11 is 9.21. The monoisotopic (exact) mass is 613 g/mol. The predicted molar refractivity (Wildman–Crippen MR) is 143 cm³/mol. The first-order valence-electron chi connectivity index (χ1n) is 12.1. The van der Waals surface area contributed by atoms with Crippen LogP contribution in [0, 0.1) is 28.4 Å². The Balaban J connectivity index is 2.16. The van der Waals surface area contributed by atoms with Gasteiger partial charge in [-0.05, 0) is 57.9 Å². The minimum Gasteiger partial charge on any atom is -0.430 e. The molecule has 2 aromatic carbocycles. The molecule has 0 bridgehead atoms. The van der Waals surface area contributed by atoms with Crippen LogP contribution in [-0.4, -0.2) is 47.8 Å². The summed E-state index contributed by atoms with van der Waals surface area (Å²) in [6, 6.07) is 10.1. The summed E-state index contributed by atoms with van der Waals surface area (Å²) in [6.07, 6.45) is -2.67. The van der Waals surface area contributed by atoms with Gasteiger partial charge in [-0.1, -0.05) is 50.6 Å². The molecule has 1 fully saturated rings. The van der Waals surface area contributed by atoms with E-state index < -0.39 is 54.0 Å². The largest absolute Gasteiger partial charge is 0.430 e. The van der Waals surface area contributed by atoms with Gasteiger partial charge in [0.05, 0.1) is 29.2 Å². The molecule has 4 N–H and O–H groups in total. The van der Waals surface area contributed by atoms with Crippen molar-refractivity contribution in [1.29, 1.82) is 5.26 Å². The molecule has 0 aliphatic carbocycles. The fourth-order valence-electron chi connectivity index (χ4n) is 4.96. The number of amides is 1. The molecular formula is C27H31BrClF2N3O4. The molecule has 5 atom stereocenters. The van der Waals surface area contributed by atoms with Crippen molar-refractivity contribution < 1.29 is 28.5 Å². The normalized spacial score (nSPS) is 24.1. The molecule has 206 valence electrons. The second-order valence-corrected chi connectivity index (χ2v) is 11.9. The van der Waals surface area contributed by atoms with Crippen LogP contribution in [0.2, 0.25) is 5.02 Å². The van der Waals surface area contributed by atoms with E-state index in [-0.39, 0.29) is 39.0 Å². The van der Waals surface area contributed by atoms with E-state index in [2.05, 4.69) is 32.6 Å². The molecule has 0 radical (unpaired) electrons. The third-order valence-electron chi connectivity index (χ3n) is 6.59. The first-order chi connectivity index (χ1) is 17.8. The first kappa shape index (κ1) is 30.3. The van der Waals surface area contributed by atoms with Gasteiger partial charge >= 0.3 is 6.09 Å². The molecule has 1 aliphatic heterocycles. The van der Waals surface area contributed by atoms with Crippen molar-refractivity contribution in [2.75, 3.05) is 13.2 Å². The van der Waals surface area contributed by atoms with Gasteiger partial charge < -0.3 is 20.3 Å². The summed E-state index contributed by atoms with van der Waals surface area (Å²) in [4.78, 5) is 12.7. The smallest absolute Gasteiger partial charge is 0.408 e. The number of carbonyl (C=O) groups is 1. The highest BCUT2D eigenvalue weighted by atomic mass is 79.9. The Bertz CT molecular complexity index is 1210. The maximum absolute atomic E-state index is 15.6. The molecule has 1 aliphatic rings. The van der Waals surface area contributed by atoms with Crippen LogP contribution in [0.1, 0.15) is 50.7 Å². The Morgan fingerprint density at radius 3 is 2.66 bits per heavy atom. The standard InChI is InChI=1S/C27H31BrClF2N3O4/c1-26(2,3)12-21-27(14-32,18-8-7-15(29)11-20(18)30)22(17-5-4-6-19(28)23(17)31)24(34-21)38-25(37)33-10-9-16(36)13-35/h4-8,11,16,21-22,24,34-36H,9-10,12-13H2,1-3H3,(H,33,37)/t16-,21-,22-,24+,27-/m0/s1. The number of nitriles is 1. The summed E-state index contributed by atoms with van der Waals surface area (Å²) in [5.41, 5.74) is -1.97. The van der Waals surface area contributed by atoms with Gasteiger partial charge in [-0.25, -0.2) is 13.6 Å². The van der Waals surface area contributed by atoms with Gasteiger partial charge in [0, 0.05) is 23.2 Å². The Hall–Kier alpha value is -2.29. The number of rotatable bonds is 8. The van der Waals surface area contributed by atoms with Crippen LogP contribution in [0.3, 0.4) is 0 Å². The van der Waals surface area contributed by atoms with Gasteiger partial charge in [-0.3, -0.25) is 5.32 Å². The van der Waals surface area contributed by atoms with E-state index in [9.17, 15) is 15.2 Å². The number of aliphatic hydroxyl groups is 2. The van der Waals surface area contributed by atoms with E-state index in [1.54, 1.807) is 6.07 Å². The highest BCUT2D eigenvalue weighted by Crippen LogP contribution is 2.52. The van der Waals surface area contributed by atoms with Gasteiger partial charge in [0.25, 0.3) is 0 Å². The maximum Gasteiger partial charge on any atom is 0.408 e. The van der Waals surface area contributed by atoms with Crippen molar-refractivity contribution >= 4 is 33.6 Å². The molecular weight excluding hydrogens is 584 g/mol. The van der Waals surface area contributed by atoms with Crippen molar-refractivity contribution in [3.05, 3.63) is 68.7 Å². The van der Waals surface area contributed by atoms with Crippen LogP contribution >= 0.6 is 27.5 Å². The van der Waals surface area contributed by atoms with Gasteiger partial charge in [-0.2, -0.15) is 5.26 Å². The summed E-state index contributed by atoms with van der Waals surface area (Å²) in [5.74, 6) is -2.55. The van der Waals surface area contributed by atoms with Crippen molar-refractivity contribution in [1.82, 2.24) is 10.6 Å². The van der Waals surface area contributed by atoms with E-state index in [1.807, 2.05) is 20.8 Å². The minimum absolute atomic E-state index is 0.00379. The predicted octanol–water partition coefficient (Wildman–Crippen LogP) is 5.13. The van der Waals surface area contributed by atoms with Gasteiger partial charge in [0.1, 0.15) is 17.0 Å². The minimum atomic E-state index is -1.69. The second kappa shape index (κ2) is 12.3. The van der Waals surface area contributed by atoms with Crippen LogP contribution in [0.25, 0.3) is 0 Å². The highest BCUT2D eigenvalue weighted by Gasteiger charge is 2.60. The molecule has 38 heavy (non-hydrogen) atoms. The molecule has 0 spiro atoms. The van der Waals surface area contributed by atoms with E-state index in [1.165, 1.54) is 24.3 Å². The molecule has 3 rings (SSSR count). The molecule has 1 heterocycles. The van der Waals surface area contributed by atoms with Crippen LogP contribution in [0.5, 0.6) is 0 Å². The van der Waals surface area contributed by atoms with Crippen LogP contribution < -0.4 is 10.6 Å². The summed E-state index contributed by atoms with van der Waals surface area (Å²) in [7, 11) is 0. The topological polar surface area (TPSA) is 115 Å². The quantitative estimate of drug-likeness (QED) is 0.328. The molecule has 0 saturated carbocycles. The summed E-state index contributed by atoms with van der Waals surface area (Å²) in [5, 5.41) is 35.1. The fraction of sp³-hybridized carbons (Fsp3) is 0.481. The highest BCUT2D eigenvalue weighted by molar-refractivity contribution is 9.10. The lowest BCUT2D eigenvalue weighted by Crippen LogP contribution is -2.44. The molecule has 1 amide bonds. The van der Waals surface area contributed by atoms with Gasteiger partial charge in [0.2, 0.25) is 0 Å². The zero-order valence-corrected chi connectivity index (χ0v) is 23.6. The van der Waals surface area contributed by atoms with Crippen molar-refractivity contribution in [3.8, 4) is 6.07 Å². The number of aliphatic hydroxyl groups excluding tert-OH is 2. The Morgan fingerprint density at radius 2 is 2.05 bits per heavy atom. The molecule has 0 unspecified atom stereocenters. The molecule has 11 heteroatoms. The van der Waals surface area contributed by atoms with E-state index in [0.717, 1.165) is 6.07 Å². The van der Waals surface area contributed by atoms with Crippen molar-refractivity contribution in [2.45, 2.75) is 63.3 Å². The number of nitrogens with zero attached hydrogens (tertiary/aromatic N) is 1. The number of carbonyl (C=O) groups excluding carboxylic acids is 1. The number of benzene rings is 2. The lowest BCUT2D eigenvalue weighted by molar-refractivity contribution is 0.0684. The number of halogens is 4. The number of ether oxygens (including phenoxy) is 1. The van der Waals surface area contributed by atoms with Crippen LogP contribution in [-0.2, 0) is 10.2 Å². The lowest BCUT2D eigenvalue weighted by atomic mass is 9.63. The Labute approximate surface area is 234 Å². The second-order valence-electron chi connectivity index (χ2n) is 10.6. The summed E-state index contributed by atoms with van der Waals surface area (Å²) < 4.78 is 37.0. The van der Waals surface area contributed by atoms with Crippen molar-refractivity contribution in [2.24, 2.45) is 5.41 Å². The number of hydrogen-bond acceptors (Lipinski definition) is 6. The maximum atomic E-state index is 15.6. The Kier molecular flexibility index (Phi) is 9.76. The zero-order chi connectivity index (χ0) is 28.3. The van der Waals surface area contributed by atoms with Crippen molar-refractivity contribution in [3.63, 3.8) is 0 Å². The molecule has 2 aromatic rings. The van der Waals surface area contributed by atoms with E-state index in [4.69, 9.17) is 21.4 Å². The van der Waals surface area contributed by atoms with E-state index in [0.29, 0.717) is 6.42 Å². The third-order valence-corrected chi connectivity index (χ3v) is 7.44. The van der Waals surface area contributed by atoms with E-state index >= 15 is 8.78 Å². The lowest BCUT2D eigenvalue weighted by Gasteiger charge is -2.37. The number of nitrogens with one attached hydrogen (secondary N) is 2. The fourth-order valence-corrected chi connectivity index (χ4v) is 5.50.